The molecule has 2 aromatic rings. The minimum atomic E-state index is -0.256. The second kappa shape index (κ2) is 9.26. The van der Waals surface area contributed by atoms with Gasteiger partial charge in [-0.2, -0.15) is 0 Å². The Morgan fingerprint density at radius 2 is 2.11 bits per heavy atom. The van der Waals surface area contributed by atoms with Gasteiger partial charge in [0.1, 0.15) is 0 Å². The van der Waals surface area contributed by atoms with Crippen LogP contribution in [0.1, 0.15) is 39.0 Å². The fourth-order valence-corrected chi connectivity index (χ4v) is 4.74. The van der Waals surface area contributed by atoms with Crippen molar-refractivity contribution >= 4 is 34.6 Å². The SMILES string of the molecule is CCn1c(SCCC(=O)N2CCC[C@H](CCC(N)=O)C2)nc2ccccc21. The number of rotatable bonds is 8. The number of carbonyl (C=O) groups excluding carboxylic acids is 2. The number of nitrogens with zero attached hydrogens (tertiary/aromatic N) is 3. The predicted molar refractivity (Wildman–Crippen MR) is 108 cm³/mol. The molecule has 0 bridgehead atoms. The third-order valence-electron chi connectivity index (χ3n) is 5.15. The molecule has 1 aliphatic rings. The minimum Gasteiger partial charge on any atom is -0.370 e. The number of imidazole rings is 1. The van der Waals surface area contributed by atoms with Crippen LogP contribution in [0.3, 0.4) is 0 Å². The molecule has 0 spiro atoms. The maximum atomic E-state index is 12.6. The molecule has 0 saturated carbocycles. The quantitative estimate of drug-likeness (QED) is 0.705. The zero-order valence-corrected chi connectivity index (χ0v) is 16.7. The Kier molecular flexibility index (Phi) is 6.77. The van der Waals surface area contributed by atoms with Gasteiger partial charge < -0.3 is 15.2 Å². The van der Waals surface area contributed by atoms with Crippen LogP contribution in [0, 0.1) is 5.92 Å². The number of fused-ring (bicyclic) bond motifs is 1. The van der Waals surface area contributed by atoms with Crippen molar-refractivity contribution in [2.24, 2.45) is 11.7 Å². The summed E-state index contributed by atoms with van der Waals surface area (Å²) in [6.45, 7) is 4.56. The summed E-state index contributed by atoms with van der Waals surface area (Å²) in [6.07, 6.45) is 3.80. The van der Waals surface area contributed by atoms with Crippen molar-refractivity contribution in [2.45, 2.75) is 50.7 Å². The van der Waals surface area contributed by atoms with E-state index < -0.39 is 0 Å². The Hall–Kier alpha value is -2.02. The summed E-state index contributed by atoms with van der Waals surface area (Å²) in [7, 11) is 0. The topological polar surface area (TPSA) is 81.2 Å². The Bertz CT molecular complexity index is 804. The van der Waals surface area contributed by atoms with Crippen LogP contribution in [0.2, 0.25) is 0 Å². The summed E-state index contributed by atoms with van der Waals surface area (Å²) in [6, 6.07) is 8.13. The van der Waals surface area contributed by atoms with Crippen molar-refractivity contribution < 1.29 is 9.59 Å². The van der Waals surface area contributed by atoms with E-state index in [9.17, 15) is 9.59 Å². The highest BCUT2D eigenvalue weighted by molar-refractivity contribution is 7.99. The van der Waals surface area contributed by atoms with Crippen molar-refractivity contribution in [2.75, 3.05) is 18.8 Å². The van der Waals surface area contributed by atoms with Crippen LogP contribution < -0.4 is 5.73 Å². The second-order valence-electron chi connectivity index (χ2n) is 7.08. The number of thioether (sulfide) groups is 1. The van der Waals surface area contributed by atoms with Gasteiger partial charge in [-0.05, 0) is 44.2 Å². The molecule has 1 fully saturated rings. The predicted octanol–water partition coefficient (Wildman–Crippen LogP) is 3.04. The van der Waals surface area contributed by atoms with E-state index in [0.29, 0.717) is 18.8 Å². The normalized spacial score (nSPS) is 17.4. The number of benzene rings is 1. The molecule has 7 heteroatoms. The first kappa shape index (κ1) is 19.7. The molecule has 2 amide bonds. The number of primary amides is 1. The number of piperidine rings is 1. The Morgan fingerprint density at radius 3 is 2.89 bits per heavy atom. The molecule has 146 valence electrons. The highest BCUT2D eigenvalue weighted by atomic mass is 32.2. The van der Waals surface area contributed by atoms with E-state index in [0.717, 1.165) is 60.8 Å². The van der Waals surface area contributed by atoms with Crippen molar-refractivity contribution in [1.82, 2.24) is 14.5 Å². The lowest BCUT2D eigenvalue weighted by Crippen LogP contribution is -2.40. The van der Waals surface area contributed by atoms with E-state index in [1.807, 2.05) is 23.1 Å². The second-order valence-corrected chi connectivity index (χ2v) is 8.14. The van der Waals surface area contributed by atoms with Crippen molar-refractivity contribution in [3.8, 4) is 0 Å². The lowest BCUT2D eigenvalue weighted by atomic mass is 9.93. The zero-order valence-electron chi connectivity index (χ0n) is 15.9. The Balaban J connectivity index is 1.51. The van der Waals surface area contributed by atoms with Crippen LogP contribution in [0.5, 0.6) is 0 Å². The van der Waals surface area contributed by atoms with Gasteiger partial charge in [-0.3, -0.25) is 9.59 Å². The summed E-state index contributed by atoms with van der Waals surface area (Å²) in [5, 5.41) is 0.976. The number of aromatic nitrogens is 2. The number of aryl methyl sites for hydroxylation is 1. The number of para-hydroxylation sites is 2. The molecule has 1 aliphatic heterocycles. The van der Waals surface area contributed by atoms with Crippen LogP contribution in [-0.4, -0.2) is 45.1 Å². The molecular formula is C20H28N4O2S. The smallest absolute Gasteiger partial charge is 0.223 e. The van der Waals surface area contributed by atoms with Gasteiger partial charge in [0.2, 0.25) is 11.8 Å². The van der Waals surface area contributed by atoms with Gasteiger partial charge in [0.15, 0.2) is 5.16 Å². The van der Waals surface area contributed by atoms with Gasteiger partial charge in [-0.1, -0.05) is 23.9 Å². The number of hydrogen-bond donors (Lipinski definition) is 1. The van der Waals surface area contributed by atoms with Crippen LogP contribution in [0.4, 0.5) is 0 Å². The highest BCUT2D eigenvalue weighted by Crippen LogP contribution is 2.25. The summed E-state index contributed by atoms with van der Waals surface area (Å²) in [5.41, 5.74) is 7.39. The number of likely N-dealkylation sites (tertiary alicyclic amines) is 1. The molecule has 1 saturated heterocycles. The number of amides is 2. The Morgan fingerprint density at radius 1 is 1.30 bits per heavy atom. The monoisotopic (exact) mass is 388 g/mol. The maximum Gasteiger partial charge on any atom is 0.223 e. The zero-order chi connectivity index (χ0) is 19.2. The average Bonchev–Trinajstić information content (AvgIpc) is 3.03. The molecule has 2 heterocycles. The number of nitrogens with two attached hydrogens (primary N) is 1. The third-order valence-corrected chi connectivity index (χ3v) is 6.13. The molecule has 6 nitrogen and oxygen atoms in total. The van der Waals surface area contributed by atoms with E-state index in [4.69, 9.17) is 10.7 Å². The first-order valence-corrected chi connectivity index (χ1v) is 10.7. The lowest BCUT2D eigenvalue weighted by Gasteiger charge is -2.32. The molecule has 2 N–H and O–H groups in total. The largest absolute Gasteiger partial charge is 0.370 e. The molecule has 1 aromatic carbocycles. The molecule has 0 unspecified atom stereocenters. The van der Waals surface area contributed by atoms with Gasteiger partial charge in [-0.25, -0.2) is 4.98 Å². The summed E-state index contributed by atoms with van der Waals surface area (Å²) >= 11 is 1.65. The summed E-state index contributed by atoms with van der Waals surface area (Å²) < 4.78 is 2.20. The van der Waals surface area contributed by atoms with E-state index in [2.05, 4.69) is 17.6 Å². The van der Waals surface area contributed by atoms with Gasteiger partial charge >= 0.3 is 0 Å². The molecule has 1 atom stereocenters. The van der Waals surface area contributed by atoms with Gasteiger partial charge in [0, 0.05) is 38.2 Å². The standard InChI is InChI=1S/C20H28N4O2S/c1-2-24-17-8-4-3-7-16(17)22-20(24)27-13-11-19(26)23-12-5-6-15(14-23)9-10-18(21)25/h3-4,7-8,15H,2,5-6,9-14H2,1H3,(H2,21,25)/t15-/m1/s1. The van der Waals surface area contributed by atoms with E-state index in [1.54, 1.807) is 11.8 Å². The van der Waals surface area contributed by atoms with E-state index >= 15 is 0 Å². The number of hydrogen-bond acceptors (Lipinski definition) is 4. The van der Waals surface area contributed by atoms with Crippen LogP contribution >= 0.6 is 11.8 Å². The fraction of sp³-hybridized carbons (Fsp3) is 0.550. The molecule has 1 aromatic heterocycles. The van der Waals surface area contributed by atoms with Crippen LogP contribution in [-0.2, 0) is 16.1 Å². The lowest BCUT2D eigenvalue weighted by molar-refractivity contribution is -0.132. The van der Waals surface area contributed by atoms with Gasteiger partial charge in [0.25, 0.3) is 0 Å². The summed E-state index contributed by atoms with van der Waals surface area (Å²) in [5.74, 6) is 1.07. The van der Waals surface area contributed by atoms with Gasteiger partial charge in [0.05, 0.1) is 11.0 Å². The average molecular weight is 389 g/mol. The Labute approximate surface area is 164 Å². The first-order chi connectivity index (χ1) is 13.1. The van der Waals surface area contributed by atoms with Crippen molar-refractivity contribution in [3.63, 3.8) is 0 Å². The minimum absolute atomic E-state index is 0.199. The number of carbonyl (C=O) groups is 2. The molecular weight excluding hydrogens is 360 g/mol. The van der Waals surface area contributed by atoms with Crippen molar-refractivity contribution in [3.05, 3.63) is 24.3 Å². The fourth-order valence-electron chi connectivity index (χ4n) is 3.73. The van der Waals surface area contributed by atoms with E-state index in [-0.39, 0.29) is 11.8 Å². The first-order valence-electron chi connectivity index (χ1n) is 9.72. The summed E-state index contributed by atoms with van der Waals surface area (Å²) in [4.78, 5) is 30.2. The highest BCUT2D eigenvalue weighted by Gasteiger charge is 2.23. The van der Waals surface area contributed by atoms with Gasteiger partial charge in [-0.15, -0.1) is 0 Å². The van der Waals surface area contributed by atoms with Crippen molar-refractivity contribution in [1.29, 1.82) is 0 Å². The van der Waals surface area contributed by atoms with Crippen LogP contribution in [0.25, 0.3) is 11.0 Å². The molecule has 27 heavy (non-hydrogen) atoms. The molecule has 0 aliphatic carbocycles. The maximum absolute atomic E-state index is 12.6. The molecule has 3 rings (SSSR count). The van der Waals surface area contributed by atoms with Crippen LogP contribution in [0.15, 0.2) is 29.4 Å². The molecule has 0 radical (unpaired) electrons. The third kappa shape index (κ3) is 5.03. The van der Waals surface area contributed by atoms with E-state index in [1.165, 1.54) is 0 Å².